The monoisotopic (exact) mass is 286 g/mol. The van der Waals surface area contributed by atoms with Crippen molar-refractivity contribution >= 4 is 11.5 Å². The van der Waals surface area contributed by atoms with Crippen LogP contribution in [-0.2, 0) is 6.42 Å². The van der Waals surface area contributed by atoms with E-state index in [1.807, 2.05) is 25.1 Å². The molecular weight excluding hydrogens is 264 g/mol. The molecule has 0 aliphatic heterocycles. The second-order valence-electron chi connectivity index (χ2n) is 4.97. The highest BCUT2D eigenvalue weighted by Crippen LogP contribution is 2.11. The van der Waals surface area contributed by atoms with Gasteiger partial charge in [0, 0.05) is 38.3 Å². The van der Waals surface area contributed by atoms with Crippen molar-refractivity contribution in [2.75, 3.05) is 30.4 Å². The lowest BCUT2D eigenvalue weighted by molar-refractivity contribution is 0.810. The molecule has 1 aromatic heterocycles. The first-order valence-corrected chi connectivity index (χ1v) is 7.29. The molecule has 0 amide bonds. The summed E-state index contributed by atoms with van der Waals surface area (Å²) >= 11 is 0. The molecule has 0 aliphatic carbocycles. The van der Waals surface area contributed by atoms with Crippen LogP contribution in [-0.4, -0.2) is 30.1 Å². The average Bonchev–Trinajstić information content (AvgIpc) is 2.51. The molecule has 1 heterocycles. The molecule has 5 nitrogen and oxygen atoms in total. The maximum Gasteiger partial charge on any atom is 0.252 e. The number of hydrogen-bond acceptors (Lipinski definition) is 4. The zero-order valence-electron chi connectivity index (χ0n) is 12.6. The van der Waals surface area contributed by atoms with Crippen LogP contribution in [0.1, 0.15) is 19.2 Å². The van der Waals surface area contributed by atoms with E-state index in [1.165, 1.54) is 11.8 Å². The van der Waals surface area contributed by atoms with E-state index >= 15 is 0 Å². The standard InChI is InChI=1S/C16H22N4O/c1-3-14-18-15(12-16(21)19-14)17-10-7-11-20(2)13-8-5-4-6-9-13/h4-6,8-9,12H,3,7,10-11H2,1-2H3,(H2,17,18,19,21). The summed E-state index contributed by atoms with van der Waals surface area (Å²) < 4.78 is 0. The van der Waals surface area contributed by atoms with Gasteiger partial charge >= 0.3 is 0 Å². The number of para-hydroxylation sites is 1. The van der Waals surface area contributed by atoms with Crippen molar-refractivity contribution in [1.29, 1.82) is 0 Å². The highest BCUT2D eigenvalue weighted by atomic mass is 16.1. The first kappa shape index (κ1) is 15.1. The minimum absolute atomic E-state index is 0.106. The molecular formula is C16H22N4O. The van der Waals surface area contributed by atoms with Gasteiger partial charge in [0.05, 0.1) is 0 Å². The molecule has 0 aliphatic rings. The molecule has 2 aromatic rings. The van der Waals surface area contributed by atoms with Crippen LogP contribution in [0.5, 0.6) is 0 Å². The Labute approximate surface area is 125 Å². The first-order valence-electron chi connectivity index (χ1n) is 7.29. The fraction of sp³-hybridized carbons (Fsp3) is 0.375. The number of rotatable bonds is 7. The van der Waals surface area contributed by atoms with Gasteiger partial charge in [0.2, 0.25) is 0 Å². The molecule has 112 valence electrons. The van der Waals surface area contributed by atoms with Gasteiger partial charge in [0.15, 0.2) is 0 Å². The number of aryl methyl sites for hydroxylation is 1. The number of anilines is 2. The van der Waals surface area contributed by atoms with Crippen molar-refractivity contribution in [3.63, 3.8) is 0 Å². The van der Waals surface area contributed by atoms with Crippen LogP contribution >= 0.6 is 0 Å². The molecule has 0 radical (unpaired) electrons. The maximum absolute atomic E-state index is 11.5. The number of H-pyrrole nitrogens is 1. The summed E-state index contributed by atoms with van der Waals surface area (Å²) in [6.07, 6.45) is 1.70. The van der Waals surface area contributed by atoms with Gasteiger partial charge < -0.3 is 15.2 Å². The summed E-state index contributed by atoms with van der Waals surface area (Å²) in [7, 11) is 2.08. The zero-order chi connectivity index (χ0) is 15.1. The topological polar surface area (TPSA) is 61.0 Å². The molecule has 0 spiro atoms. The summed E-state index contributed by atoms with van der Waals surface area (Å²) in [5.41, 5.74) is 1.10. The summed E-state index contributed by atoms with van der Waals surface area (Å²) in [4.78, 5) is 20.7. The minimum Gasteiger partial charge on any atom is -0.375 e. The SMILES string of the molecule is CCc1nc(NCCCN(C)c2ccccc2)cc(=O)[nH]1. The molecule has 0 atom stereocenters. The van der Waals surface area contributed by atoms with Crippen molar-refractivity contribution in [3.05, 3.63) is 52.6 Å². The predicted molar refractivity (Wildman–Crippen MR) is 87.1 cm³/mol. The quantitative estimate of drug-likeness (QED) is 0.767. The van der Waals surface area contributed by atoms with E-state index < -0.39 is 0 Å². The molecule has 0 saturated heterocycles. The second-order valence-corrected chi connectivity index (χ2v) is 4.97. The van der Waals surface area contributed by atoms with Crippen molar-refractivity contribution in [2.45, 2.75) is 19.8 Å². The van der Waals surface area contributed by atoms with Crippen molar-refractivity contribution in [3.8, 4) is 0 Å². The third kappa shape index (κ3) is 4.63. The predicted octanol–water partition coefficient (Wildman–Crippen LogP) is 2.27. The van der Waals surface area contributed by atoms with Crippen LogP contribution < -0.4 is 15.8 Å². The highest BCUT2D eigenvalue weighted by Gasteiger charge is 2.01. The van der Waals surface area contributed by atoms with Gasteiger partial charge in [-0.25, -0.2) is 4.98 Å². The number of nitrogens with one attached hydrogen (secondary N) is 2. The summed E-state index contributed by atoms with van der Waals surface area (Å²) in [6, 6.07) is 11.8. The van der Waals surface area contributed by atoms with Gasteiger partial charge in [-0.2, -0.15) is 0 Å². The molecule has 5 heteroatoms. The third-order valence-corrected chi connectivity index (χ3v) is 3.30. The van der Waals surface area contributed by atoms with E-state index in [2.05, 4.69) is 39.4 Å². The Morgan fingerprint density at radius 3 is 2.76 bits per heavy atom. The van der Waals surface area contributed by atoms with E-state index in [1.54, 1.807) is 0 Å². The molecule has 21 heavy (non-hydrogen) atoms. The second kappa shape index (κ2) is 7.47. The van der Waals surface area contributed by atoms with E-state index in [4.69, 9.17) is 0 Å². The van der Waals surface area contributed by atoms with Crippen molar-refractivity contribution < 1.29 is 0 Å². The lowest BCUT2D eigenvalue weighted by Gasteiger charge is -2.19. The maximum atomic E-state index is 11.5. The van der Waals surface area contributed by atoms with Gasteiger partial charge in [0.1, 0.15) is 11.6 Å². The Hall–Kier alpha value is -2.30. The molecule has 0 saturated carbocycles. The van der Waals surface area contributed by atoms with Gasteiger partial charge in [-0.3, -0.25) is 4.79 Å². The smallest absolute Gasteiger partial charge is 0.252 e. The van der Waals surface area contributed by atoms with Crippen LogP contribution in [0.3, 0.4) is 0 Å². The first-order chi connectivity index (χ1) is 10.2. The molecule has 2 N–H and O–H groups in total. The fourth-order valence-corrected chi connectivity index (χ4v) is 2.11. The molecule has 0 unspecified atom stereocenters. The number of benzene rings is 1. The Morgan fingerprint density at radius 1 is 1.29 bits per heavy atom. The van der Waals surface area contributed by atoms with Gasteiger partial charge in [-0.15, -0.1) is 0 Å². The largest absolute Gasteiger partial charge is 0.375 e. The number of aromatic nitrogens is 2. The van der Waals surface area contributed by atoms with E-state index in [9.17, 15) is 4.79 Å². The summed E-state index contributed by atoms with van der Waals surface area (Å²) in [5.74, 6) is 1.37. The highest BCUT2D eigenvalue weighted by molar-refractivity contribution is 5.44. The Balaban J connectivity index is 1.80. The van der Waals surface area contributed by atoms with Gasteiger partial charge in [-0.1, -0.05) is 25.1 Å². The van der Waals surface area contributed by atoms with Gasteiger partial charge in [0.25, 0.3) is 5.56 Å². The van der Waals surface area contributed by atoms with E-state index in [-0.39, 0.29) is 5.56 Å². The fourth-order valence-electron chi connectivity index (χ4n) is 2.11. The molecule has 0 bridgehead atoms. The minimum atomic E-state index is -0.106. The lowest BCUT2D eigenvalue weighted by Crippen LogP contribution is -2.21. The van der Waals surface area contributed by atoms with Crippen LogP contribution in [0.25, 0.3) is 0 Å². The molecule has 0 fully saturated rings. The van der Waals surface area contributed by atoms with Crippen LogP contribution in [0.2, 0.25) is 0 Å². The van der Waals surface area contributed by atoms with Crippen LogP contribution in [0.15, 0.2) is 41.2 Å². The average molecular weight is 286 g/mol. The van der Waals surface area contributed by atoms with Gasteiger partial charge in [-0.05, 0) is 18.6 Å². The van der Waals surface area contributed by atoms with E-state index in [0.29, 0.717) is 11.6 Å². The van der Waals surface area contributed by atoms with Crippen molar-refractivity contribution in [2.24, 2.45) is 0 Å². The van der Waals surface area contributed by atoms with Crippen molar-refractivity contribution in [1.82, 2.24) is 9.97 Å². The van der Waals surface area contributed by atoms with Crippen LogP contribution in [0, 0.1) is 0 Å². The Kier molecular flexibility index (Phi) is 5.37. The third-order valence-electron chi connectivity index (χ3n) is 3.30. The normalized spacial score (nSPS) is 10.4. The van der Waals surface area contributed by atoms with E-state index in [0.717, 1.165) is 25.9 Å². The summed E-state index contributed by atoms with van der Waals surface area (Å²) in [5, 5.41) is 3.21. The Bertz CT molecular complexity index is 609. The number of aromatic amines is 1. The van der Waals surface area contributed by atoms with Crippen LogP contribution in [0.4, 0.5) is 11.5 Å². The molecule has 1 aromatic carbocycles. The number of nitrogens with zero attached hydrogens (tertiary/aromatic N) is 2. The zero-order valence-corrected chi connectivity index (χ0v) is 12.6. The lowest BCUT2D eigenvalue weighted by atomic mass is 10.3. The number of hydrogen-bond donors (Lipinski definition) is 2. The Morgan fingerprint density at radius 2 is 2.05 bits per heavy atom. The molecule has 2 rings (SSSR count). The summed E-state index contributed by atoms with van der Waals surface area (Å²) in [6.45, 7) is 3.70.